The van der Waals surface area contributed by atoms with Gasteiger partial charge in [-0.1, -0.05) is 36.9 Å². The van der Waals surface area contributed by atoms with Crippen LogP contribution in [0.3, 0.4) is 0 Å². The Balaban J connectivity index is 0.000000673. The fourth-order valence-electron chi connectivity index (χ4n) is 1.12. The fourth-order valence-corrected chi connectivity index (χ4v) is 1.12. The van der Waals surface area contributed by atoms with E-state index in [0.29, 0.717) is 6.61 Å². The monoisotopic (exact) mass is 238 g/mol. The van der Waals surface area contributed by atoms with Crippen molar-refractivity contribution in [2.45, 2.75) is 6.42 Å². The van der Waals surface area contributed by atoms with Gasteiger partial charge in [0.2, 0.25) is 0 Å². The van der Waals surface area contributed by atoms with Crippen molar-refractivity contribution in [2.24, 2.45) is 0 Å². The van der Waals surface area contributed by atoms with Gasteiger partial charge in [-0.15, -0.1) is 6.58 Å². The Hall–Kier alpha value is -1.44. The molecule has 1 N–H and O–H groups in total. The Morgan fingerprint density at radius 2 is 1.94 bits per heavy atom. The maximum atomic E-state index is 8.46. The standard InChI is InChI=1S/C12H14O.HO2P/c1-3-7-11-8-5-6-9-12(11)13-10-4-2;1-3-2/h3-6,8-9H,1-2,7,10H2;(H,1,2). The van der Waals surface area contributed by atoms with Gasteiger partial charge < -0.3 is 9.63 Å². The number of para-hydroxylation sites is 1. The summed E-state index contributed by atoms with van der Waals surface area (Å²) in [5.74, 6) is 0.919. The largest absolute Gasteiger partial charge is 0.489 e. The first-order valence-corrected chi connectivity index (χ1v) is 5.45. The van der Waals surface area contributed by atoms with Gasteiger partial charge in [-0.25, -0.2) is 4.57 Å². The van der Waals surface area contributed by atoms with Crippen molar-refractivity contribution >= 4 is 8.69 Å². The highest BCUT2D eigenvalue weighted by atomic mass is 31.1. The van der Waals surface area contributed by atoms with Gasteiger partial charge in [-0.05, 0) is 18.1 Å². The van der Waals surface area contributed by atoms with Crippen LogP contribution in [0.25, 0.3) is 0 Å². The lowest BCUT2D eigenvalue weighted by molar-refractivity contribution is 0.360. The van der Waals surface area contributed by atoms with Crippen molar-refractivity contribution in [3.8, 4) is 5.75 Å². The van der Waals surface area contributed by atoms with Crippen LogP contribution in [0.5, 0.6) is 5.75 Å². The summed E-state index contributed by atoms with van der Waals surface area (Å²) in [5, 5.41) is 0. The van der Waals surface area contributed by atoms with E-state index in [9.17, 15) is 0 Å². The maximum absolute atomic E-state index is 8.46. The second-order valence-electron chi connectivity index (χ2n) is 2.78. The minimum atomic E-state index is -0.833. The Kier molecular flexibility index (Phi) is 9.18. The summed E-state index contributed by atoms with van der Waals surface area (Å²) in [4.78, 5) is 6.99. The van der Waals surface area contributed by atoms with E-state index in [2.05, 4.69) is 13.2 Å². The number of hydrogen-bond acceptors (Lipinski definition) is 2. The van der Waals surface area contributed by atoms with Gasteiger partial charge in [0.1, 0.15) is 12.4 Å². The van der Waals surface area contributed by atoms with E-state index in [1.807, 2.05) is 30.3 Å². The van der Waals surface area contributed by atoms with E-state index in [1.165, 1.54) is 5.56 Å². The van der Waals surface area contributed by atoms with Crippen LogP contribution in [0.1, 0.15) is 5.56 Å². The second-order valence-corrected chi connectivity index (χ2v) is 2.95. The summed E-state index contributed by atoms with van der Waals surface area (Å²) in [6.45, 7) is 7.86. The molecule has 0 spiro atoms. The highest BCUT2D eigenvalue weighted by Gasteiger charge is 1.98. The highest BCUT2D eigenvalue weighted by molar-refractivity contribution is 7.16. The molecule has 16 heavy (non-hydrogen) atoms. The van der Waals surface area contributed by atoms with Crippen LogP contribution in [0.2, 0.25) is 0 Å². The van der Waals surface area contributed by atoms with Crippen LogP contribution in [0, 0.1) is 0 Å². The molecular formula is C12H15O3P. The van der Waals surface area contributed by atoms with Crippen molar-refractivity contribution in [1.29, 1.82) is 0 Å². The lowest BCUT2D eigenvalue weighted by Crippen LogP contribution is -1.96. The Bertz CT molecular complexity index is 337. The SMILES string of the molecule is C=CCOc1ccccc1CC=C.O=PO. The quantitative estimate of drug-likeness (QED) is 0.633. The van der Waals surface area contributed by atoms with Gasteiger partial charge in [0.05, 0.1) is 0 Å². The predicted octanol–water partition coefficient (Wildman–Crippen LogP) is 3.17. The molecule has 0 saturated heterocycles. The molecule has 1 rings (SSSR count). The normalized spacial score (nSPS) is 8.81. The molecule has 4 heteroatoms. The maximum Gasteiger partial charge on any atom is 0.324 e. The number of hydrogen-bond donors (Lipinski definition) is 1. The van der Waals surface area contributed by atoms with Crippen LogP contribution in [-0.4, -0.2) is 11.5 Å². The van der Waals surface area contributed by atoms with Crippen molar-refractivity contribution < 1.29 is 14.2 Å². The average molecular weight is 238 g/mol. The molecule has 0 heterocycles. The van der Waals surface area contributed by atoms with Crippen LogP contribution in [0.15, 0.2) is 49.6 Å². The molecule has 0 bridgehead atoms. The number of rotatable bonds is 5. The summed E-state index contributed by atoms with van der Waals surface area (Å²) < 4.78 is 13.9. The molecule has 0 amide bonds. The summed E-state index contributed by atoms with van der Waals surface area (Å²) >= 11 is 0. The minimum absolute atomic E-state index is 0.550. The third kappa shape index (κ3) is 6.12. The molecule has 1 aromatic rings. The zero-order valence-corrected chi connectivity index (χ0v) is 9.90. The van der Waals surface area contributed by atoms with E-state index in [4.69, 9.17) is 14.2 Å². The van der Waals surface area contributed by atoms with Gasteiger partial charge in [0.25, 0.3) is 0 Å². The van der Waals surface area contributed by atoms with Gasteiger partial charge in [0, 0.05) is 0 Å². The zero-order chi connectivity index (χ0) is 12.2. The molecule has 0 unspecified atom stereocenters. The van der Waals surface area contributed by atoms with Crippen molar-refractivity contribution in [3.05, 3.63) is 55.1 Å². The minimum Gasteiger partial charge on any atom is -0.489 e. The van der Waals surface area contributed by atoms with E-state index >= 15 is 0 Å². The van der Waals surface area contributed by atoms with E-state index in [0.717, 1.165) is 12.2 Å². The van der Waals surface area contributed by atoms with Crippen LogP contribution in [0.4, 0.5) is 0 Å². The van der Waals surface area contributed by atoms with E-state index in [1.54, 1.807) is 6.08 Å². The number of benzene rings is 1. The van der Waals surface area contributed by atoms with E-state index in [-0.39, 0.29) is 0 Å². The van der Waals surface area contributed by atoms with Crippen LogP contribution < -0.4 is 4.74 Å². The molecule has 0 atom stereocenters. The Morgan fingerprint density at radius 1 is 1.31 bits per heavy atom. The molecule has 0 aliphatic heterocycles. The topological polar surface area (TPSA) is 46.5 Å². The highest BCUT2D eigenvalue weighted by Crippen LogP contribution is 2.18. The molecule has 0 aliphatic rings. The van der Waals surface area contributed by atoms with Crippen LogP contribution >= 0.6 is 8.69 Å². The zero-order valence-electron chi connectivity index (χ0n) is 9.00. The molecule has 0 aromatic heterocycles. The third-order valence-corrected chi connectivity index (χ3v) is 1.69. The van der Waals surface area contributed by atoms with Crippen LogP contribution in [-0.2, 0) is 11.0 Å². The number of ether oxygens (including phenoxy) is 1. The molecular weight excluding hydrogens is 223 g/mol. The molecule has 0 radical (unpaired) electrons. The Morgan fingerprint density at radius 3 is 2.50 bits per heavy atom. The second kappa shape index (κ2) is 10.1. The molecule has 0 aliphatic carbocycles. The first-order chi connectivity index (χ1) is 7.79. The lowest BCUT2D eigenvalue weighted by atomic mass is 10.1. The summed E-state index contributed by atoms with van der Waals surface area (Å²) in [6.07, 6.45) is 4.45. The first kappa shape index (κ1) is 14.6. The summed E-state index contributed by atoms with van der Waals surface area (Å²) in [6, 6.07) is 7.97. The van der Waals surface area contributed by atoms with Crippen molar-refractivity contribution in [1.82, 2.24) is 0 Å². The molecule has 1 aromatic carbocycles. The fraction of sp³-hybridized carbons (Fsp3) is 0.167. The molecule has 86 valence electrons. The molecule has 0 saturated carbocycles. The van der Waals surface area contributed by atoms with Gasteiger partial charge in [-0.3, -0.25) is 0 Å². The average Bonchev–Trinajstić information content (AvgIpc) is 2.29. The number of allylic oxidation sites excluding steroid dienone is 1. The van der Waals surface area contributed by atoms with Gasteiger partial charge in [0.15, 0.2) is 0 Å². The smallest absolute Gasteiger partial charge is 0.324 e. The summed E-state index contributed by atoms with van der Waals surface area (Å²) in [7, 11) is -0.833. The third-order valence-electron chi connectivity index (χ3n) is 1.69. The van der Waals surface area contributed by atoms with Crippen molar-refractivity contribution in [2.75, 3.05) is 6.61 Å². The summed E-state index contributed by atoms with van der Waals surface area (Å²) in [5.41, 5.74) is 1.17. The lowest BCUT2D eigenvalue weighted by Gasteiger charge is -2.07. The molecule has 3 nitrogen and oxygen atoms in total. The predicted molar refractivity (Wildman–Crippen MR) is 65.9 cm³/mol. The van der Waals surface area contributed by atoms with E-state index < -0.39 is 8.69 Å². The Labute approximate surface area is 97.4 Å². The molecule has 0 fully saturated rings. The first-order valence-electron chi connectivity index (χ1n) is 4.69. The van der Waals surface area contributed by atoms with Crippen molar-refractivity contribution in [3.63, 3.8) is 0 Å². The van der Waals surface area contributed by atoms with Gasteiger partial charge in [-0.2, -0.15) is 0 Å². The van der Waals surface area contributed by atoms with Gasteiger partial charge >= 0.3 is 8.69 Å².